The Labute approximate surface area is 241 Å². The number of rotatable bonds is 9. The molecular weight excluding hydrogens is 546 g/mol. The number of likely N-dealkylation sites (tertiary alicyclic amines) is 1. The average Bonchev–Trinajstić information content (AvgIpc) is 3.28. The van der Waals surface area contributed by atoms with Crippen molar-refractivity contribution in [3.63, 3.8) is 0 Å². The van der Waals surface area contributed by atoms with Gasteiger partial charge in [0.1, 0.15) is 0 Å². The van der Waals surface area contributed by atoms with Gasteiger partial charge < -0.3 is 10.6 Å². The maximum Gasteiger partial charge on any atom is 0.297 e. The Morgan fingerprint density at radius 1 is 1.02 bits per heavy atom. The standard InChI is InChI=1S/C31H34ClN3O4S/c1-21(2)20-39-40(37,38)25-13-14-28-26(18-25)29(31(36)34-28)30(22-9-5-3-6-10-22)33-24-12-11-23(27(32)17-24)19-35-15-7-4-8-16-35/h3,5-6,9-14,17-18,21,33H,4,7-8,15-16,19-20H2,1-2H3,(H,34,36)/b30-29-. The predicted molar refractivity (Wildman–Crippen MR) is 161 cm³/mol. The third-order valence-electron chi connectivity index (χ3n) is 7.06. The number of anilines is 2. The molecule has 9 heteroatoms. The molecule has 0 atom stereocenters. The molecule has 2 aliphatic heterocycles. The summed E-state index contributed by atoms with van der Waals surface area (Å²) in [5.41, 5.74) is 4.47. The second-order valence-electron chi connectivity index (χ2n) is 10.7. The fourth-order valence-corrected chi connectivity index (χ4v) is 6.31. The molecule has 210 valence electrons. The van der Waals surface area contributed by atoms with Gasteiger partial charge >= 0.3 is 0 Å². The highest BCUT2D eigenvalue weighted by Gasteiger charge is 2.31. The lowest BCUT2D eigenvalue weighted by molar-refractivity contribution is -0.110. The highest BCUT2D eigenvalue weighted by Crippen LogP contribution is 2.39. The maximum absolute atomic E-state index is 13.3. The first kappa shape index (κ1) is 28.4. The van der Waals surface area contributed by atoms with Crippen LogP contribution >= 0.6 is 11.6 Å². The van der Waals surface area contributed by atoms with Crippen molar-refractivity contribution in [2.24, 2.45) is 5.92 Å². The lowest BCUT2D eigenvalue weighted by atomic mass is 10.00. The lowest BCUT2D eigenvalue weighted by Crippen LogP contribution is -2.29. The number of nitrogens with one attached hydrogen (secondary N) is 2. The molecule has 1 saturated heterocycles. The third kappa shape index (κ3) is 6.41. The molecule has 3 aromatic rings. The molecule has 0 aliphatic carbocycles. The zero-order valence-electron chi connectivity index (χ0n) is 22.7. The second-order valence-corrected chi connectivity index (χ2v) is 12.7. The Morgan fingerprint density at radius 2 is 1.77 bits per heavy atom. The number of fused-ring (bicyclic) bond motifs is 1. The van der Waals surface area contributed by atoms with Gasteiger partial charge in [-0.15, -0.1) is 0 Å². The van der Waals surface area contributed by atoms with E-state index in [0.29, 0.717) is 27.5 Å². The molecule has 3 aromatic carbocycles. The number of hydrogen-bond donors (Lipinski definition) is 2. The van der Waals surface area contributed by atoms with Crippen LogP contribution < -0.4 is 10.6 Å². The molecule has 0 unspecified atom stereocenters. The van der Waals surface area contributed by atoms with E-state index >= 15 is 0 Å². The summed E-state index contributed by atoms with van der Waals surface area (Å²) in [6.45, 7) is 6.80. The number of halogens is 1. The van der Waals surface area contributed by atoms with Gasteiger partial charge in [-0.2, -0.15) is 8.42 Å². The van der Waals surface area contributed by atoms with Gasteiger partial charge in [0.15, 0.2) is 0 Å². The van der Waals surface area contributed by atoms with Crippen molar-refractivity contribution in [3.8, 4) is 0 Å². The van der Waals surface area contributed by atoms with Crippen LogP contribution in [0.3, 0.4) is 0 Å². The van der Waals surface area contributed by atoms with E-state index in [1.54, 1.807) is 6.07 Å². The predicted octanol–water partition coefficient (Wildman–Crippen LogP) is 6.62. The molecule has 0 radical (unpaired) electrons. The molecule has 5 rings (SSSR count). The zero-order chi connectivity index (χ0) is 28.3. The number of hydrogen-bond acceptors (Lipinski definition) is 6. The average molecular weight is 580 g/mol. The topological polar surface area (TPSA) is 87.7 Å². The lowest BCUT2D eigenvalue weighted by Gasteiger charge is -2.27. The van der Waals surface area contributed by atoms with E-state index in [0.717, 1.165) is 36.4 Å². The SMILES string of the molecule is CC(C)COS(=O)(=O)c1ccc2c(c1)/C(=C(/Nc1ccc(CN3CCCCC3)c(Cl)c1)c1ccccc1)C(=O)N2. The number of benzene rings is 3. The molecular formula is C31H34ClN3O4S. The van der Waals surface area contributed by atoms with Gasteiger partial charge in [-0.3, -0.25) is 13.9 Å². The first-order valence-electron chi connectivity index (χ1n) is 13.6. The van der Waals surface area contributed by atoms with Crippen molar-refractivity contribution < 1.29 is 17.4 Å². The molecule has 2 N–H and O–H groups in total. The maximum atomic E-state index is 13.3. The van der Waals surface area contributed by atoms with Crippen molar-refractivity contribution in [3.05, 3.63) is 88.4 Å². The number of carbonyl (C=O) groups excluding carboxylic acids is 1. The second kappa shape index (κ2) is 12.1. The van der Waals surface area contributed by atoms with Gasteiger partial charge in [-0.1, -0.05) is 68.3 Å². The Bertz CT molecular complexity index is 1530. The smallest absolute Gasteiger partial charge is 0.297 e. The Kier molecular flexibility index (Phi) is 8.61. The quantitative estimate of drug-likeness (QED) is 0.219. The number of piperidine rings is 1. The van der Waals surface area contributed by atoms with Crippen molar-refractivity contribution in [2.75, 3.05) is 30.3 Å². The molecule has 2 heterocycles. The minimum absolute atomic E-state index is 0.00146. The Morgan fingerprint density at radius 3 is 2.48 bits per heavy atom. The summed E-state index contributed by atoms with van der Waals surface area (Å²) in [6, 6.07) is 19.9. The van der Waals surface area contributed by atoms with Crippen LogP contribution in [-0.2, 0) is 25.6 Å². The van der Waals surface area contributed by atoms with E-state index in [-0.39, 0.29) is 23.3 Å². The van der Waals surface area contributed by atoms with Crippen LogP contribution in [0.4, 0.5) is 11.4 Å². The Balaban J connectivity index is 1.52. The molecule has 0 saturated carbocycles. The third-order valence-corrected chi connectivity index (χ3v) is 8.69. The van der Waals surface area contributed by atoms with E-state index in [2.05, 4.69) is 15.5 Å². The van der Waals surface area contributed by atoms with Crippen molar-refractivity contribution in [2.45, 2.75) is 44.6 Å². The van der Waals surface area contributed by atoms with Crippen LogP contribution in [0, 0.1) is 5.92 Å². The van der Waals surface area contributed by atoms with Gasteiger partial charge in [0.25, 0.3) is 16.0 Å². The normalized spacial score (nSPS) is 17.1. The summed E-state index contributed by atoms with van der Waals surface area (Å²) in [5.74, 6) is -0.276. The van der Waals surface area contributed by atoms with Crippen LogP contribution in [0.2, 0.25) is 5.02 Å². The number of carbonyl (C=O) groups is 1. The van der Waals surface area contributed by atoms with E-state index < -0.39 is 10.1 Å². The van der Waals surface area contributed by atoms with E-state index in [1.807, 2.05) is 62.4 Å². The van der Waals surface area contributed by atoms with Gasteiger partial charge in [-0.25, -0.2) is 0 Å². The summed E-state index contributed by atoms with van der Waals surface area (Å²) in [7, 11) is -3.99. The highest BCUT2D eigenvalue weighted by atomic mass is 35.5. The van der Waals surface area contributed by atoms with Crippen LogP contribution in [-0.4, -0.2) is 38.9 Å². The fourth-order valence-electron chi connectivity index (χ4n) is 4.98. The molecule has 1 amide bonds. The van der Waals surface area contributed by atoms with E-state index in [9.17, 15) is 13.2 Å². The monoisotopic (exact) mass is 579 g/mol. The fraction of sp³-hybridized carbons (Fsp3) is 0.323. The van der Waals surface area contributed by atoms with Crippen LogP contribution in [0.15, 0.2) is 71.6 Å². The van der Waals surface area contributed by atoms with Crippen molar-refractivity contribution in [1.29, 1.82) is 0 Å². The summed E-state index contributed by atoms with van der Waals surface area (Å²) >= 11 is 6.73. The molecule has 0 spiro atoms. The number of amides is 1. The van der Waals surface area contributed by atoms with E-state index in [1.165, 1.54) is 31.4 Å². The minimum atomic E-state index is -3.99. The van der Waals surface area contributed by atoms with Gasteiger partial charge in [0.2, 0.25) is 0 Å². The highest BCUT2D eigenvalue weighted by molar-refractivity contribution is 7.86. The molecule has 1 fully saturated rings. The van der Waals surface area contributed by atoms with Crippen LogP contribution in [0.5, 0.6) is 0 Å². The zero-order valence-corrected chi connectivity index (χ0v) is 24.3. The summed E-state index contributed by atoms with van der Waals surface area (Å²) in [6.07, 6.45) is 3.70. The molecule has 40 heavy (non-hydrogen) atoms. The molecule has 2 aliphatic rings. The molecule has 0 bridgehead atoms. The first-order chi connectivity index (χ1) is 19.2. The van der Waals surface area contributed by atoms with Crippen molar-refractivity contribution in [1.82, 2.24) is 4.90 Å². The van der Waals surface area contributed by atoms with Crippen LogP contribution in [0.1, 0.15) is 49.8 Å². The summed E-state index contributed by atoms with van der Waals surface area (Å²) in [5, 5.41) is 6.95. The van der Waals surface area contributed by atoms with E-state index in [4.69, 9.17) is 15.8 Å². The first-order valence-corrected chi connectivity index (χ1v) is 15.4. The number of nitrogens with zero attached hydrogens (tertiary/aromatic N) is 1. The summed E-state index contributed by atoms with van der Waals surface area (Å²) < 4.78 is 31.0. The molecule has 0 aromatic heterocycles. The molecule has 7 nitrogen and oxygen atoms in total. The Hall–Kier alpha value is -3.17. The van der Waals surface area contributed by atoms with Gasteiger partial charge in [0.05, 0.1) is 22.8 Å². The van der Waals surface area contributed by atoms with Crippen molar-refractivity contribution >= 4 is 50.3 Å². The van der Waals surface area contributed by atoms with Crippen LogP contribution in [0.25, 0.3) is 11.3 Å². The summed E-state index contributed by atoms with van der Waals surface area (Å²) in [4.78, 5) is 15.8. The van der Waals surface area contributed by atoms with Gasteiger partial charge in [0, 0.05) is 28.5 Å². The minimum Gasteiger partial charge on any atom is -0.354 e. The van der Waals surface area contributed by atoms with Gasteiger partial charge in [-0.05, 0) is 73.3 Å². The largest absolute Gasteiger partial charge is 0.354 e.